The van der Waals surface area contributed by atoms with Crippen LogP contribution in [0.1, 0.15) is 17.2 Å². The summed E-state index contributed by atoms with van der Waals surface area (Å²) >= 11 is 3.44. The van der Waals surface area contributed by atoms with Crippen LogP contribution in [0.2, 0.25) is 0 Å². The lowest BCUT2D eigenvalue weighted by Gasteiger charge is -2.17. The summed E-state index contributed by atoms with van der Waals surface area (Å²) in [4.78, 5) is 0. The van der Waals surface area contributed by atoms with Crippen LogP contribution in [-0.2, 0) is 7.05 Å². The van der Waals surface area contributed by atoms with E-state index in [0.717, 1.165) is 21.3 Å². The second-order valence-electron chi connectivity index (χ2n) is 4.20. The Kier molecular flexibility index (Phi) is 4.04. The molecule has 1 atom stereocenters. The highest BCUT2D eigenvalue weighted by Crippen LogP contribution is 2.27. The van der Waals surface area contributed by atoms with Gasteiger partial charge in [-0.15, -0.1) is 0 Å². The number of hydrogen-bond donors (Lipinski definition) is 1. The summed E-state index contributed by atoms with van der Waals surface area (Å²) < 4.78 is 8.70. The molecule has 1 heterocycles. The van der Waals surface area contributed by atoms with Crippen LogP contribution in [0.3, 0.4) is 0 Å². The molecule has 0 saturated heterocycles. The Morgan fingerprint density at radius 3 is 2.89 bits per heavy atom. The normalized spacial score (nSPS) is 12.4. The number of benzene rings is 1. The average molecular weight is 310 g/mol. The van der Waals surface area contributed by atoms with Crippen molar-refractivity contribution < 1.29 is 4.74 Å². The minimum atomic E-state index is -0.174. The van der Waals surface area contributed by atoms with E-state index in [1.807, 2.05) is 38.4 Å². The Labute approximate surface area is 115 Å². The first-order chi connectivity index (χ1) is 8.60. The number of rotatable bonds is 4. The van der Waals surface area contributed by atoms with Gasteiger partial charge in [-0.05, 0) is 24.6 Å². The van der Waals surface area contributed by atoms with Gasteiger partial charge in [0.15, 0.2) is 0 Å². The zero-order valence-corrected chi connectivity index (χ0v) is 12.0. The first-order valence-corrected chi connectivity index (χ1v) is 6.51. The first-order valence-electron chi connectivity index (χ1n) is 5.71. The number of aryl methyl sites for hydroxylation is 2. The molecule has 2 N–H and O–H groups in total. The van der Waals surface area contributed by atoms with Crippen molar-refractivity contribution >= 4 is 15.9 Å². The van der Waals surface area contributed by atoms with Crippen LogP contribution in [0.5, 0.6) is 5.75 Å². The maximum absolute atomic E-state index is 5.97. The lowest BCUT2D eigenvalue weighted by molar-refractivity contribution is 0.212. The van der Waals surface area contributed by atoms with Gasteiger partial charge in [-0.25, -0.2) is 0 Å². The highest BCUT2D eigenvalue weighted by atomic mass is 79.9. The number of halogens is 1. The Bertz CT molecular complexity index is 539. The predicted octanol–water partition coefficient (Wildman–Crippen LogP) is 2.57. The fourth-order valence-electron chi connectivity index (χ4n) is 1.71. The molecule has 1 aromatic heterocycles. The van der Waals surface area contributed by atoms with Gasteiger partial charge in [-0.1, -0.05) is 22.0 Å². The van der Waals surface area contributed by atoms with E-state index in [-0.39, 0.29) is 6.10 Å². The van der Waals surface area contributed by atoms with E-state index in [1.165, 1.54) is 0 Å². The van der Waals surface area contributed by atoms with Crippen molar-refractivity contribution in [3.8, 4) is 5.75 Å². The van der Waals surface area contributed by atoms with Crippen LogP contribution in [0, 0.1) is 6.92 Å². The molecule has 0 bridgehead atoms. The smallest absolute Gasteiger partial charge is 0.139 e. The molecule has 0 saturated carbocycles. The van der Waals surface area contributed by atoms with Gasteiger partial charge in [0.1, 0.15) is 11.9 Å². The SMILES string of the molecule is Cc1ccc(Br)cc1OC(CN)c1cnn(C)c1. The number of nitrogens with two attached hydrogens (primary N) is 1. The minimum Gasteiger partial charge on any atom is -0.484 e. The molecular formula is C13H16BrN3O. The molecule has 0 radical (unpaired) electrons. The Hall–Kier alpha value is -1.33. The second kappa shape index (κ2) is 5.54. The Morgan fingerprint density at radius 2 is 2.28 bits per heavy atom. The summed E-state index contributed by atoms with van der Waals surface area (Å²) in [5.74, 6) is 0.837. The number of aromatic nitrogens is 2. The lowest BCUT2D eigenvalue weighted by Crippen LogP contribution is -2.18. The first kappa shape index (κ1) is 13.1. The van der Waals surface area contributed by atoms with Crippen LogP contribution >= 0.6 is 15.9 Å². The van der Waals surface area contributed by atoms with E-state index in [1.54, 1.807) is 10.9 Å². The van der Waals surface area contributed by atoms with Crippen molar-refractivity contribution in [1.82, 2.24) is 9.78 Å². The van der Waals surface area contributed by atoms with Crippen LogP contribution < -0.4 is 10.5 Å². The van der Waals surface area contributed by atoms with Crippen molar-refractivity contribution in [1.29, 1.82) is 0 Å². The van der Waals surface area contributed by atoms with E-state index in [2.05, 4.69) is 21.0 Å². The standard InChI is InChI=1S/C13H16BrN3O/c1-9-3-4-11(14)5-12(9)18-13(6-15)10-7-16-17(2)8-10/h3-5,7-8,13H,6,15H2,1-2H3. The van der Waals surface area contributed by atoms with Gasteiger partial charge in [0.05, 0.1) is 6.20 Å². The minimum absolute atomic E-state index is 0.174. The van der Waals surface area contributed by atoms with Gasteiger partial charge in [-0.3, -0.25) is 4.68 Å². The van der Waals surface area contributed by atoms with Crippen molar-refractivity contribution in [3.63, 3.8) is 0 Å². The predicted molar refractivity (Wildman–Crippen MR) is 74.5 cm³/mol. The fourth-order valence-corrected chi connectivity index (χ4v) is 2.05. The molecule has 0 amide bonds. The number of nitrogens with zero attached hydrogens (tertiary/aromatic N) is 2. The molecule has 0 fully saturated rings. The van der Waals surface area contributed by atoms with E-state index >= 15 is 0 Å². The highest BCUT2D eigenvalue weighted by molar-refractivity contribution is 9.10. The molecule has 2 rings (SSSR count). The van der Waals surface area contributed by atoms with Gasteiger partial charge in [-0.2, -0.15) is 5.10 Å². The molecular weight excluding hydrogens is 294 g/mol. The van der Waals surface area contributed by atoms with Crippen LogP contribution in [0.4, 0.5) is 0 Å². The fraction of sp³-hybridized carbons (Fsp3) is 0.308. The van der Waals surface area contributed by atoms with Crippen molar-refractivity contribution in [3.05, 3.63) is 46.2 Å². The maximum Gasteiger partial charge on any atom is 0.139 e. The summed E-state index contributed by atoms with van der Waals surface area (Å²) in [5, 5.41) is 4.14. The molecule has 0 aliphatic heterocycles. The van der Waals surface area contributed by atoms with Crippen LogP contribution in [0.15, 0.2) is 35.1 Å². The molecule has 0 aliphatic carbocycles. The third kappa shape index (κ3) is 2.91. The molecule has 18 heavy (non-hydrogen) atoms. The van der Waals surface area contributed by atoms with Gasteiger partial charge >= 0.3 is 0 Å². The van der Waals surface area contributed by atoms with Crippen molar-refractivity contribution in [2.45, 2.75) is 13.0 Å². The van der Waals surface area contributed by atoms with Gasteiger partial charge in [0.25, 0.3) is 0 Å². The molecule has 96 valence electrons. The molecule has 4 nitrogen and oxygen atoms in total. The molecule has 0 spiro atoms. The summed E-state index contributed by atoms with van der Waals surface area (Å²) in [6, 6.07) is 5.95. The lowest BCUT2D eigenvalue weighted by atomic mass is 10.2. The number of hydrogen-bond acceptors (Lipinski definition) is 3. The zero-order chi connectivity index (χ0) is 13.1. The van der Waals surface area contributed by atoms with Crippen LogP contribution in [-0.4, -0.2) is 16.3 Å². The maximum atomic E-state index is 5.97. The van der Waals surface area contributed by atoms with Gasteiger partial charge in [0, 0.05) is 29.8 Å². The van der Waals surface area contributed by atoms with Gasteiger partial charge in [0.2, 0.25) is 0 Å². The van der Waals surface area contributed by atoms with Crippen molar-refractivity contribution in [2.75, 3.05) is 6.54 Å². The third-order valence-corrected chi connectivity index (χ3v) is 3.22. The van der Waals surface area contributed by atoms with Gasteiger partial charge < -0.3 is 10.5 Å². The molecule has 1 aromatic carbocycles. The quantitative estimate of drug-likeness (QED) is 0.944. The molecule has 1 unspecified atom stereocenters. The summed E-state index contributed by atoms with van der Waals surface area (Å²) in [7, 11) is 1.88. The largest absolute Gasteiger partial charge is 0.484 e. The molecule has 5 heteroatoms. The second-order valence-corrected chi connectivity index (χ2v) is 5.12. The topological polar surface area (TPSA) is 53.1 Å². The summed E-state index contributed by atoms with van der Waals surface area (Å²) in [5.41, 5.74) is 7.85. The third-order valence-electron chi connectivity index (χ3n) is 2.73. The van der Waals surface area contributed by atoms with E-state index in [9.17, 15) is 0 Å². The van der Waals surface area contributed by atoms with E-state index < -0.39 is 0 Å². The zero-order valence-electron chi connectivity index (χ0n) is 10.4. The van der Waals surface area contributed by atoms with E-state index in [0.29, 0.717) is 6.54 Å². The average Bonchev–Trinajstić information content (AvgIpc) is 2.77. The Balaban J connectivity index is 2.22. The van der Waals surface area contributed by atoms with E-state index in [4.69, 9.17) is 10.5 Å². The Morgan fingerprint density at radius 1 is 1.50 bits per heavy atom. The number of ether oxygens (including phenoxy) is 1. The summed E-state index contributed by atoms with van der Waals surface area (Å²) in [6.45, 7) is 2.43. The highest BCUT2D eigenvalue weighted by Gasteiger charge is 2.14. The van der Waals surface area contributed by atoms with Crippen molar-refractivity contribution in [2.24, 2.45) is 12.8 Å². The monoisotopic (exact) mass is 309 g/mol. The molecule has 0 aliphatic rings. The summed E-state index contributed by atoms with van der Waals surface area (Å²) in [6.07, 6.45) is 3.53. The molecule has 2 aromatic rings. The van der Waals surface area contributed by atoms with Crippen LogP contribution in [0.25, 0.3) is 0 Å².